The number of esters is 2. The first-order chi connectivity index (χ1) is 21.0. The van der Waals surface area contributed by atoms with E-state index < -0.39 is 71.0 Å². The molecular formula is C27H36N6O10S2. The Morgan fingerprint density at radius 2 is 1.80 bits per heavy atom. The Bertz CT molecular complexity index is 1400. The van der Waals surface area contributed by atoms with Crippen LogP contribution in [-0.2, 0) is 43.0 Å². The maximum Gasteiger partial charge on any atom is 0.408 e. The minimum Gasteiger partial charge on any atom is -0.444 e. The van der Waals surface area contributed by atoms with E-state index in [2.05, 4.69) is 26.1 Å². The number of alkyl carbamates (subject to hydrolysis) is 1. The average molecular weight is 669 g/mol. The Morgan fingerprint density at radius 3 is 2.42 bits per heavy atom. The number of nitrogens with zero attached hydrogens (tertiary/aromatic N) is 3. The predicted octanol–water partition coefficient (Wildman–Crippen LogP) is 1.72. The van der Waals surface area contributed by atoms with Crippen molar-refractivity contribution in [1.82, 2.24) is 20.5 Å². The standard InChI is InChI=1S/C27H36N6O10S2/c1-12(2)23(37)41-14(4)42-24(38)16-9-10-44-22-18(21(36)33(16)22)30-20(35)17(32-40-8)15-11-45-25(29-15)31-19(34)13(3)28-26(39)43-27(5,6)7/h9,11-14,18,22H,10H2,1-8H3,(H,28,39)(H,30,35)(H,29,31,34)/b32-17-/t13-,14?,18+,22+/m0/s1. The number of hydrogen-bond acceptors (Lipinski definition) is 14. The molecule has 0 aromatic carbocycles. The lowest BCUT2D eigenvalue weighted by Crippen LogP contribution is -2.70. The van der Waals surface area contributed by atoms with Gasteiger partial charge in [0.1, 0.15) is 41.6 Å². The molecule has 2 aliphatic rings. The molecule has 45 heavy (non-hydrogen) atoms. The molecule has 1 unspecified atom stereocenters. The van der Waals surface area contributed by atoms with Gasteiger partial charge in [-0.1, -0.05) is 19.0 Å². The highest BCUT2D eigenvalue weighted by Gasteiger charge is 2.53. The summed E-state index contributed by atoms with van der Waals surface area (Å²) in [5.74, 6) is -3.40. The zero-order chi connectivity index (χ0) is 33.6. The van der Waals surface area contributed by atoms with E-state index in [4.69, 9.17) is 19.0 Å². The van der Waals surface area contributed by atoms with Gasteiger partial charge in [0, 0.05) is 18.1 Å². The monoisotopic (exact) mass is 668 g/mol. The smallest absolute Gasteiger partial charge is 0.408 e. The molecule has 1 aromatic rings. The number of anilines is 1. The van der Waals surface area contributed by atoms with Crippen LogP contribution < -0.4 is 16.0 Å². The molecule has 0 aliphatic carbocycles. The number of oxime groups is 1. The van der Waals surface area contributed by atoms with Crippen LogP contribution in [0.1, 0.15) is 54.2 Å². The number of nitrogens with one attached hydrogen (secondary N) is 3. The van der Waals surface area contributed by atoms with Gasteiger partial charge >= 0.3 is 18.0 Å². The fraction of sp³-hybridized carbons (Fsp3) is 0.556. The van der Waals surface area contributed by atoms with Crippen molar-refractivity contribution in [3.63, 3.8) is 0 Å². The molecule has 16 nitrogen and oxygen atoms in total. The number of ether oxygens (including phenoxy) is 3. The van der Waals surface area contributed by atoms with Crippen molar-refractivity contribution in [2.45, 2.75) is 77.8 Å². The summed E-state index contributed by atoms with van der Waals surface area (Å²) in [6, 6.07) is -1.97. The number of aromatic nitrogens is 1. The molecular weight excluding hydrogens is 632 g/mol. The van der Waals surface area contributed by atoms with Crippen LogP contribution in [0.5, 0.6) is 0 Å². The van der Waals surface area contributed by atoms with E-state index in [0.29, 0.717) is 5.75 Å². The van der Waals surface area contributed by atoms with Gasteiger partial charge in [0.2, 0.25) is 12.2 Å². The van der Waals surface area contributed by atoms with Gasteiger partial charge in [-0.05, 0) is 33.8 Å². The van der Waals surface area contributed by atoms with Crippen molar-refractivity contribution < 1.29 is 47.8 Å². The Morgan fingerprint density at radius 1 is 1.11 bits per heavy atom. The van der Waals surface area contributed by atoms with Crippen molar-refractivity contribution in [3.8, 4) is 0 Å². The van der Waals surface area contributed by atoms with Crippen molar-refractivity contribution in [1.29, 1.82) is 0 Å². The van der Waals surface area contributed by atoms with Crippen LogP contribution in [0.2, 0.25) is 0 Å². The summed E-state index contributed by atoms with van der Waals surface area (Å²) in [4.78, 5) is 85.6. The van der Waals surface area contributed by atoms with E-state index in [1.54, 1.807) is 34.6 Å². The highest BCUT2D eigenvalue weighted by atomic mass is 32.2. The normalized spacial score (nSPS) is 19.2. The second-order valence-electron chi connectivity index (χ2n) is 11.1. The lowest BCUT2D eigenvalue weighted by molar-refractivity contribution is -0.186. The first kappa shape index (κ1) is 35.3. The van der Waals surface area contributed by atoms with Gasteiger partial charge in [0.25, 0.3) is 11.8 Å². The summed E-state index contributed by atoms with van der Waals surface area (Å²) in [5.41, 5.74) is -0.981. The zero-order valence-electron chi connectivity index (χ0n) is 26.0. The molecule has 3 heterocycles. The Hall–Kier alpha value is -4.19. The molecule has 18 heteroatoms. The molecule has 0 spiro atoms. The summed E-state index contributed by atoms with van der Waals surface area (Å²) in [5, 5.41) is 12.3. The summed E-state index contributed by atoms with van der Waals surface area (Å²) < 4.78 is 15.4. The molecule has 0 radical (unpaired) electrons. The highest BCUT2D eigenvalue weighted by Crippen LogP contribution is 2.38. The minimum atomic E-state index is -1.17. The van der Waals surface area contributed by atoms with Crippen molar-refractivity contribution in [3.05, 3.63) is 22.8 Å². The van der Waals surface area contributed by atoms with Crippen molar-refractivity contribution >= 4 is 69.7 Å². The van der Waals surface area contributed by atoms with E-state index in [1.807, 2.05) is 0 Å². The second kappa shape index (κ2) is 14.7. The van der Waals surface area contributed by atoms with E-state index >= 15 is 0 Å². The molecule has 1 aromatic heterocycles. The van der Waals surface area contributed by atoms with Crippen LogP contribution in [0.4, 0.5) is 9.93 Å². The SMILES string of the molecule is CO/N=C(\C(=O)N[C@@H]1C(=O)N2C(C(=O)OC(C)OC(=O)C(C)C)=CCS[C@H]12)c1csc(NC(=O)[C@H](C)NC(=O)OC(C)(C)C)n1. The van der Waals surface area contributed by atoms with Gasteiger partial charge in [-0.25, -0.2) is 14.6 Å². The Kier molecular flexibility index (Phi) is 11.5. The van der Waals surface area contributed by atoms with Crippen molar-refractivity contribution in [2.24, 2.45) is 11.1 Å². The predicted molar refractivity (Wildman–Crippen MR) is 163 cm³/mol. The van der Waals surface area contributed by atoms with Crippen molar-refractivity contribution in [2.75, 3.05) is 18.2 Å². The van der Waals surface area contributed by atoms with Crippen LogP contribution in [-0.4, -0.2) is 93.6 Å². The van der Waals surface area contributed by atoms with Gasteiger partial charge in [-0.3, -0.25) is 24.1 Å². The van der Waals surface area contributed by atoms with Crippen LogP contribution >= 0.6 is 23.1 Å². The molecule has 246 valence electrons. The number of β-lactam (4-membered cyclic amide) rings is 1. The van der Waals surface area contributed by atoms with Crippen LogP contribution in [0.25, 0.3) is 0 Å². The fourth-order valence-electron chi connectivity index (χ4n) is 3.77. The van der Waals surface area contributed by atoms with Gasteiger partial charge in [-0.15, -0.1) is 23.1 Å². The quantitative estimate of drug-likeness (QED) is 0.101. The molecule has 0 saturated carbocycles. The molecule has 1 fully saturated rings. The summed E-state index contributed by atoms with van der Waals surface area (Å²) in [6.45, 7) is 11.2. The second-order valence-corrected chi connectivity index (χ2v) is 13.1. The summed E-state index contributed by atoms with van der Waals surface area (Å²) >= 11 is 2.31. The lowest BCUT2D eigenvalue weighted by Gasteiger charge is -2.48. The number of amides is 4. The number of fused-ring (bicyclic) bond motifs is 1. The molecule has 3 N–H and O–H groups in total. The third-order valence-electron chi connectivity index (χ3n) is 5.87. The molecule has 1 saturated heterocycles. The molecule has 3 rings (SSSR count). The molecule has 0 bridgehead atoms. The fourth-order valence-corrected chi connectivity index (χ4v) is 5.67. The summed E-state index contributed by atoms with van der Waals surface area (Å²) in [7, 11) is 1.22. The average Bonchev–Trinajstić information content (AvgIpc) is 3.40. The first-order valence-electron chi connectivity index (χ1n) is 13.8. The van der Waals surface area contributed by atoms with Gasteiger partial charge in [0.15, 0.2) is 10.8 Å². The first-order valence-corrected chi connectivity index (χ1v) is 15.7. The highest BCUT2D eigenvalue weighted by molar-refractivity contribution is 8.00. The van der Waals surface area contributed by atoms with Gasteiger partial charge in [0.05, 0.1) is 5.92 Å². The van der Waals surface area contributed by atoms with Crippen LogP contribution in [0.3, 0.4) is 0 Å². The number of thioether (sulfide) groups is 1. The van der Waals surface area contributed by atoms with E-state index in [9.17, 15) is 28.8 Å². The third-order valence-corrected chi connectivity index (χ3v) is 7.81. The number of carbonyl (C=O) groups is 6. The maximum absolute atomic E-state index is 13.2. The minimum absolute atomic E-state index is 0.0252. The molecule has 4 amide bonds. The number of thiazole rings is 1. The number of rotatable bonds is 11. The van der Waals surface area contributed by atoms with E-state index in [-0.39, 0.29) is 22.2 Å². The molecule has 4 atom stereocenters. The Labute approximate surface area is 267 Å². The van der Waals surface area contributed by atoms with E-state index in [0.717, 1.165) is 11.3 Å². The topological polar surface area (TPSA) is 204 Å². The van der Waals surface area contributed by atoms with Crippen LogP contribution in [0.15, 0.2) is 22.3 Å². The zero-order valence-corrected chi connectivity index (χ0v) is 27.6. The lowest BCUT2D eigenvalue weighted by atomic mass is 10.0. The van der Waals surface area contributed by atoms with Crippen LogP contribution in [0, 0.1) is 5.92 Å². The maximum atomic E-state index is 13.2. The summed E-state index contributed by atoms with van der Waals surface area (Å²) in [6.07, 6.45) is -0.417. The Balaban J connectivity index is 1.61. The molecule has 2 aliphatic heterocycles. The third kappa shape index (κ3) is 9.16. The van der Waals surface area contributed by atoms with Gasteiger partial charge < -0.3 is 35.0 Å². The van der Waals surface area contributed by atoms with Gasteiger partial charge in [-0.2, -0.15) is 0 Å². The number of carbonyl (C=O) groups excluding carboxylic acids is 6. The largest absolute Gasteiger partial charge is 0.444 e. The van der Waals surface area contributed by atoms with E-state index in [1.165, 1.54) is 49.1 Å². The number of hydrogen-bond donors (Lipinski definition) is 3.